The van der Waals surface area contributed by atoms with Gasteiger partial charge in [0.25, 0.3) is 0 Å². The Balaban J connectivity index is 1.77. The molecule has 1 saturated heterocycles. The number of hydrogen-bond donors (Lipinski definition) is 1. The van der Waals surface area contributed by atoms with Crippen LogP contribution in [0.15, 0.2) is 12.3 Å². The van der Waals surface area contributed by atoms with Gasteiger partial charge in [0.2, 0.25) is 0 Å². The van der Waals surface area contributed by atoms with E-state index in [2.05, 4.69) is 35.1 Å². The first-order chi connectivity index (χ1) is 9.15. The Morgan fingerprint density at radius 2 is 2.11 bits per heavy atom. The number of morpholine rings is 1. The summed E-state index contributed by atoms with van der Waals surface area (Å²) in [6.45, 7) is 12.2. The lowest BCUT2D eigenvalue weighted by Gasteiger charge is -2.29. The molecule has 1 atom stereocenters. The molecule has 0 saturated carbocycles. The molecule has 4 nitrogen and oxygen atoms in total. The fourth-order valence-corrected chi connectivity index (χ4v) is 2.43. The molecule has 19 heavy (non-hydrogen) atoms. The highest BCUT2D eigenvalue weighted by Gasteiger charge is 2.13. The SMILES string of the molecule is Cc1cc(C)c(CN[C@@H](C)CN2CCOCC2)cn1. The fourth-order valence-electron chi connectivity index (χ4n) is 2.43. The van der Waals surface area contributed by atoms with E-state index < -0.39 is 0 Å². The van der Waals surface area contributed by atoms with Gasteiger partial charge < -0.3 is 10.1 Å². The first kappa shape index (κ1) is 14.4. The highest BCUT2D eigenvalue weighted by molar-refractivity contribution is 5.24. The van der Waals surface area contributed by atoms with Gasteiger partial charge in [0.15, 0.2) is 0 Å². The van der Waals surface area contributed by atoms with Gasteiger partial charge in [0.1, 0.15) is 0 Å². The molecule has 1 aromatic rings. The molecule has 0 aromatic carbocycles. The van der Waals surface area contributed by atoms with Gasteiger partial charge in [0, 0.05) is 44.1 Å². The number of pyridine rings is 1. The number of nitrogens with one attached hydrogen (secondary N) is 1. The molecule has 1 N–H and O–H groups in total. The van der Waals surface area contributed by atoms with Crippen molar-refractivity contribution in [1.82, 2.24) is 15.2 Å². The molecular weight excluding hydrogens is 238 g/mol. The molecule has 1 fully saturated rings. The van der Waals surface area contributed by atoms with E-state index >= 15 is 0 Å². The number of aromatic nitrogens is 1. The first-order valence-electron chi connectivity index (χ1n) is 7.11. The van der Waals surface area contributed by atoms with Crippen LogP contribution in [0.1, 0.15) is 23.7 Å². The van der Waals surface area contributed by atoms with E-state index in [0.29, 0.717) is 6.04 Å². The van der Waals surface area contributed by atoms with Crippen LogP contribution in [0.5, 0.6) is 0 Å². The smallest absolute Gasteiger partial charge is 0.0594 e. The normalized spacial score (nSPS) is 18.5. The lowest BCUT2D eigenvalue weighted by atomic mass is 10.1. The maximum absolute atomic E-state index is 5.37. The Bertz CT molecular complexity index is 402. The number of rotatable bonds is 5. The van der Waals surface area contributed by atoms with Crippen LogP contribution in [0.4, 0.5) is 0 Å². The summed E-state index contributed by atoms with van der Waals surface area (Å²) in [6.07, 6.45) is 1.99. The summed E-state index contributed by atoms with van der Waals surface area (Å²) >= 11 is 0. The molecule has 0 spiro atoms. The number of ether oxygens (including phenoxy) is 1. The maximum atomic E-state index is 5.37. The molecule has 0 bridgehead atoms. The van der Waals surface area contributed by atoms with Crippen molar-refractivity contribution >= 4 is 0 Å². The van der Waals surface area contributed by atoms with Gasteiger partial charge in [-0.2, -0.15) is 0 Å². The van der Waals surface area contributed by atoms with Crippen molar-refractivity contribution < 1.29 is 4.74 Å². The molecule has 1 aromatic heterocycles. The quantitative estimate of drug-likeness (QED) is 0.874. The lowest BCUT2D eigenvalue weighted by molar-refractivity contribution is 0.0343. The third-order valence-electron chi connectivity index (χ3n) is 3.63. The van der Waals surface area contributed by atoms with E-state index in [0.717, 1.165) is 45.1 Å². The number of aryl methyl sites for hydroxylation is 2. The van der Waals surface area contributed by atoms with Crippen LogP contribution in [0.3, 0.4) is 0 Å². The fraction of sp³-hybridized carbons (Fsp3) is 0.667. The summed E-state index contributed by atoms with van der Waals surface area (Å²) in [5, 5.41) is 3.58. The van der Waals surface area contributed by atoms with Crippen molar-refractivity contribution in [3.05, 3.63) is 29.1 Å². The van der Waals surface area contributed by atoms with Gasteiger partial charge in [-0.15, -0.1) is 0 Å². The summed E-state index contributed by atoms with van der Waals surface area (Å²) < 4.78 is 5.37. The summed E-state index contributed by atoms with van der Waals surface area (Å²) in [5.41, 5.74) is 3.70. The van der Waals surface area contributed by atoms with Gasteiger partial charge in [0.05, 0.1) is 13.2 Å². The second kappa shape index (κ2) is 6.98. The Kier molecular flexibility index (Phi) is 5.31. The van der Waals surface area contributed by atoms with Gasteiger partial charge >= 0.3 is 0 Å². The maximum Gasteiger partial charge on any atom is 0.0594 e. The average Bonchev–Trinajstić information content (AvgIpc) is 2.39. The van der Waals surface area contributed by atoms with Gasteiger partial charge in [-0.25, -0.2) is 0 Å². The van der Waals surface area contributed by atoms with Crippen molar-refractivity contribution in [2.45, 2.75) is 33.4 Å². The Morgan fingerprint density at radius 3 is 2.79 bits per heavy atom. The largest absolute Gasteiger partial charge is 0.379 e. The second-order valence-corrected chi connectivity index (χ2v) is 5.45. The second-order valence-electron chi connectivity index (χ2n) is 5.45. The minimum Gasteiger partial charge on any atom is -0.379 e. The molecule has 2 rings (SSSR count). The predicted molar refractivity (Wildman–Crippen MR) is 77.3 cm³/mol. The standard InChI is InChI=1S/C15H25N3O/c1-12-8-13(2)16-9-15(12)10-17-14(3)11-18-4-6-19-7-5-18/h8-9,14,17H,4-7,10-11H2,1-3H3/t14-/m0/s1. The minimum absolute atomic E-state index is 0.485. The Morgan fingerprint density at radius 1 is 1.37 bits per heavy atom. The Hall–Kier alpha value is -0.970. The minimum atomic E-state index is 0.485. The van der Waals surface area contributed by atoms with Crippen LogP contribution in [-0.4, -0.2) is 48.8 Å². The summed E-state index contributed by atoms with van der Waals surface area (Å²) in [4.78, 5) is 6.83. The molecule has 4 heteroatoms. The van der Waals surface area contributed by atoms with E-state index in [1.54, 1.807) is 0 Å². The topological polar surface area (TPSA) is 37.4 Å². The molecule has 0 radical (unpaired) electrons. The summed E-state index contributed by atoms with van der Waals surface area (Å²) in [6, 6.07) is 2.63. The zero-order valence-electron chi connectivity index (χ0n) is 12.3. The van der Waals surface area contributed by atoms with Gasteiger partial charge in [-0.3, -0.25) is 9.88 Å². The average molecular weight is 263 g/mol. The van der Waals surface area contributed by atoms with Gasteiger partial charge in [-0.05, 0) is 38.0 Å². The van der Waals surface area contributed by atoms with Crippen LogP contribution in [0.25, 0.3) is 0 Å². The van der Waals surface area contributed by atoms with Crippen LogP contribution in [0.2, 0.25) is 0 Å². The number of nitrogens with zero attached hydrogens (tertiary/aromatic N) is 2. The zero-order valence-corrected chi connectivity index (χ0v) is 12.3. The number of hydrogen-bond acceptors (Lipinski definition) is 4. The van der Waals surface area contributed by atoms with Crippen molar-refractivity contribution in [2.75, 3.05) is 32.8 Å². The summed E-state index contributed by atoms with van der Waals surface area (Å²) in [7, 11) is 0. The molecule has 106 valence electrons. The van der Waals surface area contributed by atoms with Crippen molar-refractivity contribution in [1.29, 1.82) is 0 Å². The van der Waals surface area contributed by atoms with Crippen LogP contribution in [0, 0.1) is 13.8 Å². The van der Waals surface area contributed by atoms with Crippen LogP contribution in [-0.2, 0) is 11.3 Å². The van der Waals surface area contributed by atoms with E-state index in [1.807, 2.05) is 13.1 Å². The Labute approximate surface area is 116 Å². The van der Waals surface area contributed by atoms with Crippen molar-refractivity contribution in [2.24, 2.45) is 0 Å². The molecule has 0 aliphatic carbocycles. The molecule has 1 aliphatic rings. The third-order valence-corrected chi connectivity index (χ3v) is 3.63. The van der Waals surface area contributed by atoms with Crippen LogP contribution < -0.4 is 5.32 Å². The zero-order chi connectivity index (χ0) is 13.7. The highest BCUT2D eigenvalue weighted by Crippen LogP contribution is 2.08. The molecule has 1 aliphatic heterocycles. The lowest BCUT2D eigenvalue weighted by Crippen LogP contribution is -2.44. The van der Waals surface area contributed by atoms with Crippen LogP contribution >= 0.6 is 0 Å². The van der Waals surface area contributed by atoms with E-state index in [4.69, 9.17) is 4.74 Å². The predicted octanol–water partition coefficient (Wildman–Crippen LogP) is 1.51. The molecule has 0 unspecified atom stereocenters. The third kappa shape index (κ3) is 4.56. The van der Waals surface area contributed by atoms with Crippen molar-refractivity contribution in [3.63, 3.8) is 0 Å². The van der Waals surface area contributed by atoms with Gasteiger partial charge in [-0.1, -0.05) is 0 Å². The highest BCUT2D eigenvalue weighted by atomic mass is 16.5. The van der Waals surface area contributed by atoms with E-state index in [9.17, 15) is 0 Å². The van der Waals surface area contributed by atoms with Crippen molar-refractivity contribution in [3.8, 4) is 0 Å². The summed E-state index contributed by atoms with van der Waals surface area (Å²) in [5.74, 6) is 0. The van der Waals surface area contributed by atoms with E-state index in [-0.39, 0.29) is 0 Å². The molecular formula is C15H25N3O. The monoisotopic (exact) mass is 263 g/mol. The first-order valence-corrected chi connectivity index (χ1v) is 7.11. The van der Waals surface area contributed by atoms with E-state index in [1.165, 1.54) is 11.1 Å². The molecule has 2 heterocycles. The molecule has 0 amide bonds.